The molecule has 100 valence electrons. The van der Waals surface area contributed by atoms with Crippen LogP contribution >= 0.6 is 0 Å². The summed E-state index contributed by atoms with van der Waals surface area (Å²) in [6.07, 6.45) is 0.892. The summed E-state index contributed by atoms with van der Waals surface area (Å²) in [5, 5.41) is 2.97. The summed E-state index contributed by atoms with van der Waals surface area (Å²) in [6, 6.07) is 4.03. The lowest BCUT2D eigenvalue weighted by molar-refractivity contribution is -0.120. The summed E-state index contributed by atoms with van der Waals surface area (Å²) in [4.78, 5) is 11.2. The maximum absolute atomic E-state index is 13.3. The zero-order valence-corrected chi connectivity index (χ0v) is 10.7. The number of amides is 1. The summed E-state index contributed by atoms with van der Waals surface area (Å²) in [5.41, 5.74) is 5.79. The first-order valence-electron chi connectivity index (χ1n) is 5.96. The molecule has 0 heterocycles. The van der Waals surface area contributed by atoms with E-state index in [1.807, 2.05) is 6.92 Å². The van der Waals surface area contributed by atoms with E-state index in [-0.39, 0.29) is 12.4 Å². The second kappa shape index (κ2) is 6.96. The Hall–Kier alpha value is -1.62. The van der Waals surface area contributed by atoms with Crippen LogP contribution in [-0.2, 0) is 4.79 Å². The van der Waals surface area contributed by atoms with E-state index in [1.54, 1.807) is 19.1 Å². The molecule has 1 amide bonds. The van der Waals surface area contributed by atoms with Crippen LogP contribution in [0.4, 0.5) is 4.39 Å². The van der Waals surface area contributed by atoms with Crippen molar-refractivity contribution >= 4 is 5.91 Å². The normalized spacial score (nSPS) is 12.2. The molecule has 5 heteroatoms. The molecule has 1 atom stereocenters. The highest BCUT2D eigenvalue weighted by Gasteiger charge is 2.15. The fourth-order valence-corrected chi connectivity index (χ4v) is 1.40. The Balaban J connectivity index is 2.55. The van der Waals surface area contributed by atoms with Crippen LogP contribution in [0, 0.1) is 12.7 Å². The summed E-state index contributed by atoms with van der Waals surface area (Å²) >= 11 is 0. The van der Waals surface area contributed by atoms with Gasteiger partial charge in [0.1, 0.15) is 24.2 Å². The molecular formula is C13H19FN2O2. The fourth-order valence-electron chi connectivity index (χ4n) is 1.40. The zero-order valence-electron chi connectivity index (χ0n) is 10.7. The molecule has 0 bridgehead atoms. The van der Waals surface area contributed by atoms with Gasteiger partial charge in [-0.05, 0) is 31.5 Å². The minimum Gasteiger partial charge on any atom is -0.491 e. The van der Waals surface area contributed by atoms with Crippen LogP contribution in [-0.4, -0.2) is 25.1 Å². The number of ether oxygens (including phenoxy) is 1. The number of nitrogens with one attached hydrogen (secondary N) is 1. The largest absolute Gasteiger partial charge is 0.491 e. The van der Waals surface area contributed by atoms with Crippen molar-refractivity contribution in [1.82, 2.24) is 5.32 Å². The summed E-state index contributed by atoms with van der Waals surface area (Å²) < 4.78 is 18.6. The van der Waals surface area contributed by atoms with Crippen LogP contribution in [0.2, 0.25) is 0 Å². The number of benzene rings is 1. The molecule has 0 saturated carbocycles. The third-order valence-electron chi connectivity index (χ3n) is 2.54. The summed E-state index contributed by atoms with van der Waals surface area (Å²) in [6.45, 7) is 4.44. The second-order valence-electron chi connectivity index (χ2n) is 4.13. The van der Waals surface area contributed by atoms with E-state index in [2.05, 4.69) is 5.32 Å². The molecule has 1 aromatic carbocycles. The number of hydrogen-bond acceptors (Lipinski definition) is 3. The Morgan fingerprint density at radius 2 is 2.28 bits per heavy atom. The van der Waals surface area contributed by atoms with Gasteiger partial charge in [-0.1, -0.05) is 13.0 Å². The van der Waals surface area contributed by atoms with Gasteiger partial charge < -0.3 is 15.8 Å². The molecule has 3 N–H and O–H groups in total. The minimum absolute atomic E-state index is 0.0951. The number of aryl methyl sites for hydroxylation is 1. The lowest BCUT2D eigenvalue weighted by Gasteiger charge is -2.16. The second-order valence-corrected chi connectivity index (χ2v) is 4.13. The van der Waals surface area contributed by atoms with E-state index in [4.69, 9.17) is 10.5 Å². The third-order valence-corrected chi connectivity index (χ3v) is 2.54. The maximum Gasteiger partial charge on any atom is 0.238 e. The van der Waals surface area contributed by atoms with E-state index in [0.717, 1.165) is 6.42 Å². The maximum atomic E-state index is 13.3. The lowest BCUT2D eigenvalue weighted by atomic mass is 10.2. The van der Waals surface area contributed by atoms with Crippen LogP contribution in [0.5, 0.6) is 5.75 Å². The number of carbonyl (C=O) groups excluding carboxylic acids is 1. The number of nitrogens with two attached hydrogens (primary N) is 1. The fraction of sp³-hybridized carbons (Fsp3) is 0.462. The van der Waals surface area contributed by atoms with Crippen molar-refractivity contribution in [3.63, 3.8) is 0 Å². The van der Waals surface area contributed by atoms with Crippen molar-refractivity contribution in [3.8, 4) is 5.75 Å². The first-order valence-corrected chi connectivity index (χ1v) is 5.96. The first kappa shape index (κ1) is 14.4. The van der Waals surface area contributed by atoms with Crippen LogP contribution in [0.25, 0.3) is 0 Å². The smallest absolute Gasteiger partial charge is 0.238 e. The molecule has 0 saturated heterocycles. The highest BCUT2D eigenvalue weighted by molar-refractivity contribution is 5.80. The predicted molar refractivity (Wildman–Crippen MR) is 67.9 cm³/mol. The Bertz CT molecular complexity index is 410. The molecule has 4 nitrogen and oxygen atoms in total. The van der Waals surface area contributed by atoms with Gasteiger partial charge in [-0.25, -0.2) is 4.39 Å². The van der Waals surface area contributed by atoms with E-state index in [1.165, 1.54) is 6.07 Å². The monoisotopic (exact) mass is 254 g/mol. The van der Waals surface area contributed by atoms with E-state index < -0.39 is 11.9 Å². The van der Waals surface area contributed by atoms with Crippen molar-refractivity contribution in [2.45, 2.75) is 26.3 Å². The van der Waals surface area contributed by atoms with Crippen molar-refractivity contribution in [2.24, 2.45) is 5.73 Å². The molecule has 0 radical (unpaired) electrons. The number of hydrogen-bond donors (Lipinski definition) is 2. The Kier molecular flexibility index (Phi) is 5.58. The quantitative estimate of drug-likeness (QED) is 0.772. The van der Waals surface area contributed by atoms with Gasteiger partial charge in [0.2, 0.25) is 5.91 Å². The Morgan fingerprint density at radius 1 is 1.56 bits per heavy atom. The third kappa shape index (κ3) is 4.33. The zero-order chi connectivity index (χ0) is 13.5. The highest BCUT2D eigenvalue weighted by Crippen LogP contribution is 2.15. The van der Waals surface area contributed by atoms with Gasteiger partial charge >= 0.3 is 0 Å². The molecule has 1 aromatic rings. The van der Waals surface area contributed by atoms with Crippen LogP contribution in [0.15, 0.2) is 18.2 Å². The van der Waals surface area contributed by atoms with Gasteiger partial charge in [0, 0.05) is 6.07 Å². The van der Waals surface area contributed by atoms with E-state index in [9.17, 15) is 9.18 Å². The molecule has 1 rings (SSSR count). The van der Waals surface area contributed by atoms with Gasteiger partial charge in [-0.3, -0.25) is 4.79 Å². The number of primary amides is 1. The van der Waals surface area contributed by atoms with Crippen molar-refractivity contribution in [3.05, 3.63) is 29.6 Å². The molecule has 0 aliphatic rings. The summed E-state index contributed by atoms with van der Waals surface area (Å²) in [5.74, 6) is -0.414. The van der Waals surface area contributed by atoms with Crippen molar-refractivity contribution < 1.29 is 13.9 Å². The van der Waals surface area contributed by atoms with Crippen LogP contribution in [0.1, 0.15) is 18.9 Å². The predicted octanol–water partition coefficient (Wildman–Crippen LogP) is 1.37. The minimum atomic E-state index is -0.561. The average Bonchev–Trinajstić information content (AvgIpc) is 2.33. The molecule has 1 unspecified atom stereocenters. The van der Waals surface area contributed by atoms with E-state index in [0.29, 0.717) is 17.9 Å². The molecule has 0 aromatic heterocycles. The first-order chi connectivity index (χ1) is 8.54. The molecule has 0 aliphatic heterocycles. The van der Waals surface area contributed by atoms with Crippen LogP contribution < -0.4 is 15.8 Å². The Morgan fingerprint density at radius 3 is 2.83 bits per heavy atom. The molecule has 0 aliphatic carbocycles. The van der Waals surface area contributed by atoms with Crippen molar-refractivity contribution in [1.29, 1.82) is 0 Å². The molecule has 18 heavy (non-hydrogen) atoms. The van der Waals surface area contributed by atoms with Crippen molar-refractivity contribution in [2.75, 3.05) is 13.2 Å². The van der Waals surface area contributed by atoms with Gasteiger partial charge in [-0.15, -0.1) is 0 Å². The Labute approximate surface area is 106 Å². The van der Waals surface area contributed by atoms with Gasteiger partial charge in [0.25, 0.3) is 0 Å². The number of carbonyl (C=O) groups is 1. The molecule has 0 spiro atoms. The average molecular weight is 254 g/mol. The SMILES string of the molecule is CCCNC(COc1ccc(C)c(F)c1)C(N)=O. The number of rotatable bonds is 7. The van der Waals surface area contributed by atoms with Gasteiger partial charge in [-0.2, -0.15) is 0 Å². The molecule has 0 fully saturated rings. The highest BCUT2D eigenvalue weighted by atomic mass is 19.1. The van der Waals surface area contributed by atoms with Crippen LogP contribution in [0.3, 0.4) is 0 Å². The summed E-state index contributed by atoms with van der Waals surface area (Å²) in [7, 11) is 0. The van der Waals surface area contributed by atoms with Gasteiger partial charge in [0.15, 0.2) is 0 Å². The lowest BCUT2D eigenvalue weighted by Crippen LogP contribution is -2.45. The van der Waals surface area contributed by atoms with E-state index >= 15 is 0 Å². The number of halogens is 1. The topological polar surface area (TPSA) is 64.3 Å². The molecular weight excluding hydrogens is 235 g/mol. The van der Waals surface area contributed by atoms with Gasteiger partial charge in [0.05, 0.1) is 0 Å². The standard InChI is InChI=1S/C13H19FN2O2/c1-3-6-16-12(13(15)17)8-18-10-5-4-9(2)11(14)7-10/h4-5,7,12,16H,3,6,8H2,1-2H3,(H2,15,17).